The largest absolute Gasteiger partial charge is 0.438 e. The van der Waals surface area contributed by atoms with E-state index in [2.05, 4.69) is 10.4 Å². The van der Waals surface area contributed by atoms with Crippen molar-refractivity contribution in [2.75, 3.05) is 18.4 Å². The predicted molar refractivity (Wildman–Crippen MR) is 117 cm³/mol. The maximum Gasteiger partial charge on any atom is 0.292 e. The molecule has 2 aromatic heterocycles. The van der Waals surface area contributed by atoms with Gasteiger partial charge in [0.15, 0.2) is 5.76 Å². The molecule has 1 saturated heterocycles. The van der Waals surface area contributed by atoms with Gasteiger partial charge in [0.05, 0.1) is 22.8 Å². The molecule has 164 valence electrons. The summed E-state index contributed by atoms with van der Waals surface area (Å²) in [6.07, 6.45) is 4.16. The Kier molecular flexibility index (Phi) is 6.38. The zero-order chi connectivity index (χ0) is 22.0. The quantitative estimate of drug-likeness (QED) is 0.565. The van der Waals surface area contributed by atoms with E-state index in [4.69, 9.17) is 27.6 Å². The lowest BCUT2D eigenvalue weighted by atomic mass is 10.2. The molecule has 0 spiro atoms. The fraction of sp³-hybridized carbons (Fsp3) is 0.300. The van der Waals surface area contributed by atoms with Gasteiger partial charge in [-0.15, -0.1) is 0 Å². The Morgan fingerprint density at radius 1 is 1.10 bits per heavy atom. The standard InChI is InChI=1S/C20H20Cl2N4O4S/c21-15-6-4-5-14(19(15)22)13-26-17(9-10-23-26)24-20(27)16-7-8-18(30-16)31(28,29)25-11-2-1-3-12-25/h4-10H,1-3,11-13H2,(H,24,27). The molecule has 8 nitrogen and oxygen atoms in total. The SMILES string of the molecule is O=C(Nc1ccnn1Cc1cccc(Cl)c1Cl)c1ccc(S(=O)(=O)N2CCCCC2)o1. The van der Waals surface area contributed by atoms with Crippen LogP contribution in [0.5, 0.6) is 0 Å². The number of nitrogens with zero attached hydrogens (tertiary/aromatic N) is 3. The molecule has 1 aliphatic heterocycles. The summed E-state index contributed by atoms with van der Waals surface area (Å²) < 4.78 is 33.8. The van der Waals surface area contributed by atoms with Crippen LogP contribution >= 0.6 is 23.2 Å². The van der Waals surface area contributed by atoms with Crippen molar-refractivity contribution in [3.05, 3.63) is 64.0 Å². The van der Waals surface area contributed by atoms with Crippen LogP contribution in [0.1, 0.15) is 35.4 Å². The van der Waals surface area contributed by atoms with E-state index in [9.17, 15) is 13.2 Å². The first-order chi connectivity index (χ1) is 14.9. The third kappa shape index (κ3) is 4.64. The number of furan rings is 1. The second-order valence-corrected chi connectivity index (χ2v) is 9.78. The summed E-state index contributed by atoms with van der Waals surface area (Å²) in [7, 11) is -3.75. The third-order valence-corrected chi connectivity index (χ3v) is 7.66. The fourth-order valence-corrected chi connectivity index (χ4v) is 5.20. The lowest BCUT2D eigenvalue weighted by Crippen LogP contribution is -2.35. The average molecular weight is 483 g/mol. The number of carbonyl (C=O) groups is 1. The van der Waals surface area contributed by atoms with Crippen LogP contribution in [0.15, 0.2) is 52.1 Å². The van der Waals surface area contributed by atoms with Crippen LogP contribution in [0.3, 0.4) is 0 Å². The van der Waals surface area contributed by atoms with E-state index in [1.807, 2.05) is 6.07 Å². The van der Waals surface area contributed by atoms with E-state index < -0.39 is 15.9 Å². The van der Waals surface area contributed by atoms with Gasteiger partial charge in [0.1, 0.15) is 5.82 Å². The minimum absolute atomic E-state index is 0.107. The van der Waals surface area contributed by atoms with E-state index in [1.165, 1.54) is 22.6 Å². The van der Waals surface area contributed by atoms with Gasteiger partial charge in [-0.1, -0.05) is 41.8 Å². The number of hydrogen-bond donors (Lipinski definition) is 1. The molecule has 0 unspecified atom stereocenters. The van der Waals surface area contributed by atoms with Crippen LogP contribution in [0.4, 0.5) is 5.82 Å². The van der Waals surface area contributed by atoms with Crippen molar-refractivity contribution in [1.29, 1.82) is 0 Å². The molecule has 4 rings (SSSR count). The van der Waals surface area contributed by atoms with Crippen LogP contribution in [0.25, 0.3) is 0 Å². The Bertz CT molecular complexity index is 1200. The second kappa shape index (κ2) is 9.04. The van der Waals surface area contributed by atoms with Crippen LogP contribution in [-0.2, 0) is 16.6 Å². The van der Waals surface area contributed by atoms with Gasteiger partial charge >= 0.3 is 0 Å². The number of halogens is 2. The molecule has 0 bridgehead atoms. The smallest absolute Gasteiger partial charge is 0.292 e. The lowest BCUT2D eigenvalue weighted by Gasteiger charge is -2.24. The Morgan fingerprint density at radius 2 is 1.87 bits per heavy atom. The highest BCUT2D eigenvalue weighted by Crippen LogP contribution is 2.27. The maximum atomic E-state index is 12.7. The molecule has 1 aromatic carbocycles. The molecule has 11 heteroatoms. The van der Waals surface area contributed by atoms with Gasteiger partial charge in [-0.2, -0.15) is 9.40 Å². The molecule has 1 fully saturated rings. The topological polar surface area (TPSA) is 97.4 Å². The van der Waals surface area contributed by atoms with Gasteiger partial charge in [0.2, 0.25) is 5.09 Å². The molecule has 1 amide bonds. The van der Waals surface area contributed by atoms with E-state index in [0.717, 1.165) is 24.8 Å². The number of aromatic nitrogens is 2. The van der Waals surface area contributed by atoms with Crippen LogP contribution in [0.2, 0.25) is 10.0 Å². The van der Waals surface area contributed by atoms with Gasteiger partial charge in [-0.05, 0) is 36.6 Å². The van der Waals surface area contributed by atoms with Gasteiger partial charge in [0.25, 0.3) is 15.9 Å². The fourth-order valence-electron chi connectivity index (χ4n) is 3.39. The predicted octanol–water partition coefficient (Wildman–Crippen LogP) is 4.26. The molecule has 0 saturated carbocycles. The van der Waals surface area contributed by atoms with Crippen molar-refractivity contribution < 1.29 is 17.6 Å². The molecular formula is C20H20Cl2N4O4S. The Morgan fingerprint density at radius 3 is 2.65 bits per heavy atom. The molecular weight excluding hydrogens is 463 g/mol. The number of hydrogen-bond acceptors (Lipinski definition) is 5. The minimum atomic E-state index is -3.75. The zero-order valence-corrected chi connectivity index (χ0v) is 18.8. The van der Waals surface area contributed by atoms with Gasteiger partial charge in [-0.3, -0.25) is 4.79 Å². The molecule has 3 aromatic rings. The maximum absolute atomic E-state index is 12.7. The minimum Gasteiger partial charge on any atom is -0.438 e. The summed E-state index contributed by atoms with van der Waals surface area (Å²) >= 11 is 12.3. The van der Waals surface area contributed by atoms with Crippen molar-refractivity contribution in [2.45, 2.75) is 30.9 Å². The van der Waals surface area contributed by atoms with Crippen LogP contribution < -0.4 is 5.32 Å². The molecule has 0 aliphatic carbocycles. The van der Waals surface area contributed by atoms with Gasteiger partial charge in [-0.25, -0.2) is 13.1 Å². The Labute approximate surface area is 189 Å². The number of benzene rings is 1. The van der Waals surface area contributed by atoms with E-state index in [0.29, 0.717) is 29.0 Å². The summed E-state index contributed by atoms with van der Waals surface area (Å²) in [5.74, 6) is -0.291. The van der Waals surface area contributed by atoms with Crippen LogP contribution in [-0.4, -0.2) is 41.5 Å². The van der Waals surface area contributed by atoms with Crippen LogP contribution in [0, 0.1) is 0 Å². The summed E-state index contributed by atoms with van der Waals surface area (Å²) in [6.45, 7) is 1.19. The monoisotopic (exact) mass is 482 g/mol. The number of anilines is 1. The molecule has 0 atom stereocenters. The van der Waals surface area contributed by atoms with Crippen molar-refractivity contribution in [3.63, 3.8) is 0 Å². The number of carbonyl (C=O) groups excluding carboxylic acids is 1. The molecule has 0 radical (unpaired) electrons. The van der Waals surface area contributed by atoms with E-state index in [-0.39, 0.29) is 17.4 Å². The van der Waals surface area contributed by atoms with Gasteiger partial charge < -0.3 is 9.73 Å². The first kappa shape index (κ1) is 21.9. The van der Waals surface area contributed by atoms with E-state index >= 15 is 0 Å². The Hall–Kier alpha value is -2.33. The molecule has 31 heavy (non-hydrogen) atoms. The number of rotatable bonds is 6. The summed E-state index contributed by atoms with van der Waals surface area (Å²) in [4.78, 5) is 12.7. The summed E-state index contributed by atoms with van der Waals surface area (Å²) in [6, 6.07) is 9.54. The van der Waals surface area contributed by atoms with Crippen molar-refractivity contribution in [2.24, 2.45) is 0 Å². The van der Waals surface area contributed by atoms with E-state index in [1.54, 1.807) is 22.9 Å². The molecule has 1 aliphatic rings. The first-order valence-corrected chi connectivity index (χ1v) is 11.9. The van der Waals surface area contributed by atoms with Crippen molar-refractivity contribution in [1.82, 2.24) is 14.1 Å². The highest BCUT2D eigenvalue weighted by molar-refractivity contribution is 7.89. The molecule has 1 N–H and O–H groups in total. The van der Waals surface area contributed by atoms with Gasteiger partial charge in [0, 0.05) is 19.2 Å². The number of amides is 1. The lowest BCUT2D eigenvalue weighted by molar-refractivity contribution is 0.0990. The first-order valence-electron chi connectivity index (χ1n) is 9.72. The van der Waals surface area contributed by atoms with Crippen molar-refractivity contribution in [3.8, 4) is 0 Å². The number of sulfonamides is 1. The average Bonchev–Trinajstić information content (AvgIpc) is 3.42. The summed E-state index contributed by atoms with van der Waals surface area (Å²) in [5.41, 5.74) is 0.737. The number of piperidine rings is 1. The highest BCUT2D eigenvalue weighted by Gasteiger charge is 2.29. The Balaban J connectivity index is 1.49. The number of nitrogens with one attached hydrogen (secondary N) is 1. The summed E-state index contributed by atoms with van der Waals surface area (Å²) in [5, 5.41) is 7.49. The van der Waals surface area contributed by atoms with Crippen molar-refractivity contribution >= 4 is 45.0 Å². The zero-order valence-electron chi connectivity index (χ0n) is 16.4. The second-order valence-electron chi connectivity index (χ2n) is 7.12. The highest BCUT2D eigenvalue weighted by atomic mass is 35.5. The normalized spacial score (nSPS) is 15.2. The third-order valence-electron chi connectivity index (χ3n) is 5.02. The molecule has 3 heterocycles.